The molecular weight excluding hydrogens is 198 g/mol. The monoisotopic (exact) mass is 209 g/mol. The molecule has 2 unspecified atom stereocenters. The van der Waals surface area contributed by atoms with Crippen molar-refractivity contribution in [3.05, 3.63) is 35.9 Å². The number of hydrogen-bond acceptors (Lipinski definition) is 3. The first kappa shape index (κ1) is 9.16. The second kappa shape index (κ2) is 4.20. The van der Waals surface area contributed by atoms with E-state index in [1.54, 1.807) is 0 Å². The highest BCUT2D eigenvalue weighted by molar-refractivity contribution is 8.18. The SMILES string of the molecule is CSC1C=NC(c2ccccc2)S1. The number of thioether (sulfide) groups is 2. The van der Waals surface area contributed by atoms with Crippen LogP contribution >= 0.6 is 23.5 Å². The van der Waals surface area contributed by atoms with Gasteiger partial charge in [0.1, 0.15) is 5.37 Å². The van der Waals surface area contributed by atoms with E-state index < -0.39 is 0 Å². The highest BCUT2D eigenvalue weighted by atomic mass is 32.2. The predicted molar refractivity (Wildman–Crippen MR) is 62.6 cm³/mol. The third kappa shape index (κ3) is 2.09. The van der Waals surface area contributed by atoms with E-state index >= 15 is 0 Å². The van der Waals surface area contributed by atoms with Gasteiger partial charge in [-0.1, -0.05) is 30.3 Å². The maximum Gasteiger partial charge on any atom is 0.121 e. The summed E-state index contributed by atoms with van der Waals surface area (Å²) in [4.78, 5) is 4.48. The Balaban J connectivity index is 2.09. The Morgan fingerprint density at radius 3 is 2.69 bits per heavy atom. The van der Waals surface area contributed by atoms with Gasteiger partial charge < -0.3 is 0 Å². The lowest BCUT2D eigenvalue weighted by Gasteiger charge is -2.07. The second-order valence-corrected chi connectivity index (χ2v) is 5.31. The molecule has 0 aromatic heterocycles. The van der Waals surface area contributed by atoms with Crippen LogP contribution in [-0.4, -0.2) is 17.1 Å². The summed E-state index contributed by atoms with van der Waals surface area (Å²) in [5.41, 5.74) is 1.31. The van der Waals surface area contributed by atoms with Gasteiger partial charge in [-0.3, -0.25) is 4.99 Å². The van der Waals surface area contributed by atoms with E-state index in [4.69, 9.17) is 0 Å². The smallest absolute Gasteiger partial charge is 0.121 e. The molecule has 1 aromatic rings. The van der Waals surface area contributed by atoms with E-state index in [1.165, 1.54) is 5.56 Å². The molecule has 0 N–H and O–H groups in total. The lowest BCUT2D eigenvalue weighted by Crippen LogP contribution is -1.91. The fourth-order valence-corrected chi connectivity index (χ4v) is 3.05. The summed E-state index contributed by atoms with van der Waals surface area (Å²) in [5, 5.41) is 0.318. The normalized spacial score (nSPS) is 26.5. The van der Waals surface area contributed by atoms with Gasteiger partial charge in [0.15, 0.2) is 0 Å². The predicted octanol–water partition coefficient (Wildman–Crippen LogP) is 3.19. The summed E-state index contributed by atoms with van der Waals surface area (Å²) in [5.74, 6) is 0. The number of hydrogen-bond donors (Lipinski definition) is 0. The van der Waals surface area contributed by atoms with Gasteiger partial charge in [0.2, 0.25) is 0 Å². The third-order valence-corrected chi connectivity index (χ3v) is 4.46. The minimum atomic E-state index is 0.318. The van der Waals surface area contributed by atoms with Gasteiger partial charge in [-0.25, -0.2) is 0 Å². The van der Waals surface area contributed by atoms with Crippen molar-refractivity contribution >= 4 is 29.7 Å². The zero-order valence-corrected chi connectivity index (χ0v) is 9.02. The van der Waals surface area contributed by atoms with Gasteiger partial charge in [-0.05, 0) is 11.8 Å². The van der Waals surface area contributed by atoms with Crippen molar-refractivity contribution in [1.82, 2.24) is 0 Å². The molecule has 0 saturated carbocycles. The van der Waals surface area contributed by atoms with E-state index in [0.717, 1.165) is 0 Å². The van der Waals surface area contributed by atoms with E-state index in [0.29, 0.717) is 9.96 Å². The largest absolute Gasteiger partial charge is 0.276 e. The molecule has 1 aromatic carbocycles. The van der Waals surface area contributed by atoms with Crippen molar-refractivity contribution in [2.45, 2.75) is 9.96 Å². The first-order valence-corrected chi connectivity index (χ1v) is 6.40. The van der Waals surface area contributed by atoms with Gasteiger partial charge in [0, 0.05) is 6.21 Å². The summed E-state index contributed by atoms with van der Waals surface area (Å²) in [6, 6.07) is 10.4. The maximum atomic E-state index is 4.48. The summed E-state index contributed by atoms with van der Waals surface area (Å²) < 4.78 is 0.533. The van der Waals surface area contributed by atoms with Gasteiger partial charge >= 0.3 is 0 Å². The maximum absolute atomic E-state index is 4.48. The van der Waals surface area contributed by atoms with E-state index in [9.17, 15) is 0 Å². The minimum absolute atomic E-state index is 0.318. The molecule has 0 aliphatic carbocycles. The highest BCUT2D eigenvalue weighted by Crippen LogP contribution is 2.40. The van der Waals surface area contributed by atoms with E-state index in [1.807, 2.05) is 35.8 Å². The first-order chi connectivity index (χ1) is 6.40. The van der Waals surface area contributed by atoms with Gasteiger partial charge in [-0.15, -0.1) is 23.5 Å². The van der Waals surface area contributed by atoms with Crippen LogP contribution in [0.3, 0.4) is 0 Å². The fourth-order valence-electron chi connectivity index (χ4n) is 1.24. The zero-order chi connectivity index (χ0) is 9.10. The van der Waals surface area contributed by atoms with Crippen LogP contribution in [0, 0.1) is 0 Å². The molecule has 2 rings (SSSR count). The van der Waals surface area contributed by atoms with Crippen LogP contribution in [0.4, 0.5) is 0 Å². The summed E-state index contributed by atoms with van der Waals surface area (Å²) in [6.45, 7) is 0. The van der Waals surface area contributed by atoms with Gasteiger partial charge in [0.05, 0.1) is 4.58 Å². The van der Waals surface area contributed by atoms with Crippen LogP contribution in [0.25, 0.3) is 0 Å². The number of aliphatic imine (C=N–C) groups is 1. The highest BCUT2D eigenvalue weighted by Gasteiger charge is 2.20. The van der Waals surface area contributed by atoms with Gasteiger partial charge in [0.25, 0.3) is 0 Å². The molecular formula is C10H11NS2. The van der Waals surface area contributed by atoms with Crippen LogP contribution in [0.1, 0.15) is 10.9 Å². The molecule has 1 aliphatic heterocycles. The summed E-state index contributed by atoms with van der Waals surface area (Å²) in [7, 11) is 0. The van der Waals surface area contributed by atoms with Crippen molar-refractivity contribution in [1.29, 1.82) is 0 Å². The standard InChI is InChI=1S/C10H11NS2/c1-12-9-7-11-10(13-9)8-5-3-2-4-6-8/h2-7,9-10H,1H3. The minimum Gasteiger partial charge on any atom is -0.276 e. The van der Waals surface area contributed by atoms with E-state index in [-0.39, 0.29) is 0 Å². The second-order valence-electron chi connectivity index (χ2n) is 2.80. The lowest BCUT2D eigenvalue weighted by atomic mass is 10.2. The summed E-state index contributed by atoms with van der Waals surface area (Å²) in [6.07, 6.45) is 4.17. The average molecular weight is 209 g/mol. The zero-order valence-electron chi connectivity index (χ0n) is 7.38. The van der Waals surface area contributed by atoms with Crippen LogP contribution in [0.15, 0.2) is 35.3 Å². The van der Waals surface area contributed by atoms with Crippen LogP contribution < -0.4 is 0 Å². The molecule has 13 heavy (non-hydrogen) atoms. The van der Waals surface area contributed by atoms with Crippen molar-refractivity contribution < 1.29 is 0 Å². The molecule has 0 spiro atoms. The lowest BCUT2D eigenvalue weighted by molar-refractivity contribution is 1.06. The van der Waals surface area contributed by atoms with Crippen LogP contribution in [-0.2, 0) is 0 Å². The van der Waals surface area contributed by atoms with Crippen molar-refractivity contribution in [3.63, 3.8) is 0 Å². The van der Waals surface area contributed by atoms with Crippen LogP contribution in [0.5, 0.6) is 0 Å². The van der Waals surface area contributed by atoms with Crippen molar-refractivity contribution in [2.24, 2.45) is 4.99 Å². The topological polar surface area (TPSA) is 12.4 Å². The Morgan fingerprint density at radius 2 is 2.08 bits per heavy atom. The Labute approximate surface area is 87.0 Å². The Morgan fingerprint density at radius 1 is 1.31 bits per heavy atom. The van der Waals surface area contributed by atoms with Crippen molar-refractivity contribution in [3.8, 4) is 0 Å². The first-order valence-electron chi connectivity index (χ1n) is 4.16. The molecule has 1 aliphatic rings. The Bertz CT molecular complexity index is 297. The molecule has 2 atom stereocenters. The molecule has 68 valence electrons. The van der Waals surface area contributed by atoms with E-state index in [2.05, 4.69) is 35.5 Å². The van der Waals surface area contributed by atoms with Crippen LogP contribution in [0.2, 0.25) is 0 Å². The van der Waals surface area contributed by atoms with Gasteiger partial charge in [-0.2, -0.15) is 0 Å². The number of benzene rings is 1. The quantitative estimate of drug-likeness (QED) is 0.741. The molecule has 0 bridgehead atoms. The average Bonchev–Trinajstić information content (AvgIpc) is 2.67. The Hall–Kier alpha value is -0.410. The number of nitrogens with zero attached hydrogens (tertiary/aromatic N) is 1. The molecule has 0 saturated heterocycles. The molecule has 0 radical (unpaired) electrons. The van der Waals surface area contributed by atoms with Crippen molar-refractivity contribution in [2.75, 3.05) is 6.26 Å². The molecule has 0 fully saturated rings. The molecule has 3 heteroatoms. The molecule has 0 amide bonds. The number of rotatable bonds is 2. The Kier molecular flexibility index (Phi) is 2.96. The molecule has 1 nitrogen and oxygen atoms in total. The fraction of sp³-hybridized carbons (Fsp3) is 0.300. The molecule has 1 heterocycles. The summed E-state index contributed by atoms with van der Waals surface area (Å²) >= 11 is 3.75. The third-order valence-electron chi connectivity index (χ3n) is 1.92.